The Kier molecular flexibility index (Phi) is 2.64. The van der Waals surface area contributed by atoms with E-state index in [1.54, 1.807) is 6.92 Å². The lowest BCUT2D eigenvalue weighted by molar-refractivity contribution is 0.0434. The summed E-state index contributed by atoms with van der Waals surface area (Å²) >= 11 is 0. The molecule has 52 valence electrons. The molecule has 0 fully saturated rings. The standard InChI is InChI=1S/C7H10F2/c1-4-7(3,5-2)6(8)9/h1,6H,5H2,2-3H3. The molecule has 0 saturated carbocycles. The van der Waals surface area contributed by atoms with Gasteiger partial charge in [-0.1, -0.05) is 12.8 Å². The third-order valence-corrected chi connectivity index (χ3v) is 1.55. The normalized spacial score (nSPS) is 16.9. The van der Waals surface area contributed by atoms with E-state index in [4.69, 9.17) is 6.42 Å². The van der Waals surface area contributed by atoms with Crippen LogP contribution in [0.4, 0.5) is 8.78 Å². The predicted octanol–water partition coefficient (Wildman–Crippen LogP) is 2.30. The molecule has 0 heterocycles. The summed E-state index contributed by atoms with van der Waals surface area (Å²) in [5.41, 5.74) is -1.22. The van der Waals surface area contributed by atoms with Crippen LogP contribution in [-0.2, 0) is 0 Å². The first kappa shape index (κ1) is 8.42. The van der Waals surface area contributed by atoms with Crippen LogP contribution in [0.5, 0.6) is 0 Å². The summed E-state index contributed by atoms with van der Waals surface area (Å²) < 4.78 is 23.9. The van der Waals surface area contributed by atoms with Crippen molar-refractivity contribution in [1.82, 2.24) is 0 Å². The molecule has 0 radical (unpaired) electrons. The van der Waals surface area contributed by atoms with Gasteiger partial charge in [0.2, 0.25) is 0 Å². The van der Waals surface area contributed by atoms with Crippen LogP contribution in [0.15, 0.2) is 0 Å². The molecule has 0 bridgehead atoms. The van der Waals surface area contributed by atoms with Gasteiger partial charge in [0, 0.05) is 0 Å². The molecule has 0 saturated heterocycles. The van der Waals surface area contributed by atoms with E-state index < -0.39 is 11.8 Å². The zero-order valence-electron chi connectivity index (χ0n) is 5.62. The summed E-state index contributed by atoms with van der Waals surface area (Å²) in [6.45, 7) is 3.05. The van der Waals surface area contributed by atoms with Crippen molar-refractivity contribution in [2.45, 2.75) is 26.7 Å². The highest BCUT2D eigenvalue weighted by Gasteiger charge is 2.30. The van der Waals surface area contributed by atoms with Gasteiger partial charge >= 0.3 is 0 Å². The van der Waals surface area contributed by atoms with Crippen LogP contribution in [0.1, 0.15) is 20.3 Å². The predicted molar refractivity (Wildman–Crippen MR) is 33.2 cm³/mol. The van der Waals surface area contributed by atoms with E-state index in [9.17, 15) is 8.78 Å². The second kappa shape index (κ2) is 2.82. The molecule has 0 N–H and O–H groups in total. The average Bonchev–Trinajstić information content (AvgIpc) is 1.86. The number of hydrogen-bond acceptors (Lipinski definition) is 0. The van der Waals surface area contributed by atoms with E-state index in [1.165, 1.54) is 6.92 Å². The molecule has 0 aliphatic rings. The van der Waals surface area contributed by atoms with Gasteiger partial charge in [-0.25, -0.2) is 8.78 Å². The van der Waals surface area contributed by atoms with Crippen LogP contribution in [0, 0.1) is 17.8 Å². The summed E-state index contributed by atoms with van der Waals surface area (Å²) in [6.07, 6.45) is 2.80. The minimum absolute atomic E-state index is 0.321. The minimum atomic E-state index is -2.41. The molecule has 1 atom stereocenters. The number of terminal acetylenes is 1. The van der Waals surface area contributed by atoms with Gasteiger partial charge in [-0.2, -0.15) is 0 Å². The monoisotopic (exact) mass is 132 g/mol. The molecule has 0 aromatic rings. The van der Waals surface area contributed by atoms with E-state index in [1.807, 2.05) is 0 Å². The van der Waals surface area contributed by atoms with E-state index in [2.05, 4.69) is 5.92 Å². The molecule has 0 aromatic carbocycles. The van der Waals surface area contributed by atoms with E-state index in [0.29, 0.717) is 6.42 Å². The third-order valence-electron chi connectivity index (χ3n) is 1.55. The molecule has 1 unspecified atom stereocenters. The topological polar surface area (TPSA) is 0 Å². The first-order valence-corrected chi connectivity index (χ1v) is 2.82. The number of alkyl halides is 2. The molecule has 0 aliphatic heterocycles. The summed E-state index contributed by atoms with van der Waals surface area (Å²) in [5.74, 6) is 2.08. The van der Waals surface area contributed by atoms with E-state index >= 15 is 0 Å². The van der Waals surface area contributed by atoms with Crippen LogP contribution in [0.25, 0.3) is 0 Å². The Morgan fingerprint density at radius 2 is 2.11 bits per heavy atom. The quantitative estimate of drug-likeness (QED) is 0.506. The van der Waals surface area contributed by atoms with Crippen LogP contribution in [0.3, 0.4) is 0 Å². The van der Waals surface area contributed by atoms with Crippen molar-refractivity contribution < 1.29 is 8.78 Å². The molecule has 0 rings (SSSR count). The second-order valence-corrected chi connectivity index (χ2v) is 2.22. The highest BCUT2D eigenvalue weighted by Crippen LogP contribution is 2.27. The Hall–Kier alpha value is -0.580. The maximum Gasteiger partial charge on any atom is 0.254 e. The molecule has 0 spiro atoms. The number of halogens is 2. The van der Waals surface area contributed by atoms with Crippen LogP contribution in [0.2, 0.25) is 0 Å². The smallest absolute Gasteiger partial charge is 0.209 e. The summed E-state index contributed by atoms with van der Waals surface area (Å²) in [7, 11) is 0. The first-order valence-electron chi connectivity index (χ1n) is 2.82. The maximum absolute atomic E-state index is 11.9. The van der Waals surface area contributed by atoms with Crippen molar-refractivity contribution in [3.8, 4) is 12.3 Å². The minimum Gasteiger partial charge on any atom is -0.209 e. The number of rotatable bonds is 2. The summed E-state index contributed by atoms with van der Waals surface area (Å²) in [6, 6.07) is 0. The Balaban J connectivity index is 4.14. The Bertz CT molecular complexity index is 123. The molecule has 9 heavy (non-hydrogen) atoms. The highest BCUT2D eigenvalue weighted by molar-refractivity contribution is 5.03. The van der Waals surface area contributed by atoms with Crippen molar-refractivity contribution in [1.29, 1.82) is 0 Å². The van der Waals surface area contributed by atoms with Gasteiger partial charge in [0.15, 0.2) is 0 Å². The van der Waals surface area contributed by atoms with Crippen LogP contribution < -0.4 is 0 Å². The van der Waals surface area contributed by atoms with E-state index in [0.717, 1.165) is 0 Å². The third kappa shape index (κ3) is 1.67. The van der Waals surface area contributed by atoms with Gasteiger partial charge in [-0.05, 0) is 13.3 Å². The molecular formula is C7H10F2. The largest absolute Gasteiger partial charge is 0.254 e. The van der Waals surface area contributed by atoms with Crippen molar-refractivity contribution in [2.75, 3.05) is 0 Å². The fourth-order valence-electron chi connectivity index (χ4n) is 0.319. The van der Waals surface area contributed by atoms with E-state index in [-0.39, 0.29) is 0 Å². The first-order chi connectivity index (χ1) is 4.06. The Morgan fingerprint density at radius 1 is 1.67 bits per heavy atom. The van der Waals surface area contributed by atoms with Crippen molar-refractivity contribution in [3.05, 3.63) is 0 Å². The molecular weight excluding hydrogens is 122 g/mol. The maximum atomic E-state index is 11.9. The fraction of sp³-hybridized carbons (Fsp3) is 0.714. The fourth-order valence-corrected chi connectivity index (χ4v) is 0.319. The molecule has 0 aliphatic carbocycles. The van der Waals surface area contributed by atoms with Gasteiger partial charge in [0.1, 0.15) is 0 Å². The number of hydrogen-bond donors (Lipinski definition) is 0. The highest BCUT2D eigenvalue weighted by atomic mass is 19.3. The van der Waals surface area contributed by atoms with Crippen LogP contribution in [-0.4, -0.2) is 6.43 Å². The second-order valence-electron chi connectivity index (χ2n) is 2.22. The van der Waals surface area contributed by atoms with Crippen molar-refractivity contribution >= 4 is 0 Å². The summed E-state index contributed by atoms with van der Waals surface area (Å²) in [5, 5.41) is 0. The lowest BCUT2D eigenvalue weighted by atomic mass is 9.89. The SMILES string of the molecule is C#CC(C)(CC)C(F)F. The molecule has 2 heteroatoms. The molecule has 0 aromatic heterocycles. The lowest BCUT2D eigenvalue weighted by Gasteiger charge is -2.19. The zero-order chi connectivity index (χ0) is 7.49. The van der Waals surface area contributed by atoms with Gasteiger partial charge in [-0.15, -0.1) is 6.42 Å². The molecule has 0 nitrogen and oxygen atoms in total. The summed E-state index contributed by atoms with van der Waals surface area (Å²) in [4.78, 5) is 0. The van der Waals surface area contributed by atoms with Gasteiger partial charge < -0.3 is 0 Å². The molecule has 0 amide bonds. The van der Waals surface area contributed by atoms with Gasteiger partial charge in [-0.3, -0.25) is 0 Å². The van der Waals surface area contributed by atoms with Crippen molar-refractivity contribution in [3.63, 3.8) is 0 Å². The van der Waals surface area contributed by atoms with Gasteiger partial charge in [0.05, 0.1) is 5.41 Å². The van der Waals surface area contributed by atoms with Gasteiger partial charge in [0.25, 0.3) is 6.43 Å². The zero-order valence-corrected chi connectivity index (χ0v) is 5.62. The lowest BCUT2D eigenvalue weighted by Crippen LogP contribution is -2.22. The Morgan fingerprint density at radius 3 is 2.11 bits per heavy atom. The van der Waals surface area contributed by atoms with Crippen molar-refractivity contribution in [2.24, 2.45) is 5.41 Å². The van der Waals surface area contributed by atoms with Crippen LogP contribution >= 0.6 is 0 Å². The average molecular weight is 132 g/mol. The Labute approximate surface area is 54.3 Å².